The second-order valence-corrected chi connectivity index (χ2v) is 4.99. The third-order valence-electron chi connectivity index (χ3n) is 3.39. The van der Waals surface area contributed by atoms with Crippen LogP contribution < -0.4 is 15.2 Å². The summed E-state index contributed by atoms with van der Waals surface area (Å²) in [6.07, 6.45) is 1.84. The van der Waals surface area contributed by atoms with Crippen molar-refractivity contribution >= 4 is 11.6 Å². The van der Waals surface area contributed by atoms with Gasteiger partial charge < -0.3 is 15.2 Å². The van der Waals surface area contributed by atoms with Crippen LogP contribution in [0.1, 0.15) is 37.3 Å². The van der Waals surface area contributed by atoms with Crippen molar-refractivity contribution in [1.29, 1.82) is 0 Å². The molecule has 0 saturated heterocycles. The van der Waals surface area contributed by atoms with Crippen LogP contribution in [-0.4, -0.2) is 19.8 Å². The molecule has 0 aromatic heterocycles. The Labute approximate surface area is 113 Å². The number of fused-ring (bicyclic) bond motifs is 1. The Morgan fingerprint density at radius 1 is 1.39 bits per heavy atom. The highest BCUT2D eigenvalue weighted by Crippen LogP contribution is 2.43. The number of hydrogen-bond acceptors (Lipinski definition) is 3. The van der Waals surface area contributed by atoms with Crippen molar-refractivity contribution in [3.05, 3.63) is 22.2 Å². The third-order valence-corrected chi connectivity index (χ3v) is 3.79. The molecule has 0 radical (unpaired) electrons. The van der Waals surface area contributed by atoms with Crippen molar-refractivity contribution in [3.8, 4) is 11.5 Å². The minimum Gasteiger partial charge on any atom is -0.486 e. The van der Waals surface area contributed by atoms with Crippen molar-refractivity contribution in [2.45, 2.75) is 32.6 Å². The number of benzene rings is 1. The molecular formula is C14H20ClNO2. The molecule has 0 saturated carbocycles. The van der Waals surface area contributed by atoms with Gasteiger partial charge >= 0.3 is 0 Å². The fraction of sp³-hybridized carbons (Fsp3) is 0.571. The maximum atomic E-state index is 6.44. The van der Waals surface area contributed by atoms with Crippen molar-refractivity contribution < 1.29 is 9.47 Å². The predicted molar refractivity (Wildman–Crippen MR) is 73.9 cm³/mol. The second-order valence-electron chi connectivity index (χ2n) is 4.61. The summed E-state index contributed by atoms with van der Waals surface area (Å²) in [4.78, 5) is 0. The summed E-state index contributed by atoms with van der Waals surface area (Å²) in [7, 11) is 0. The van der Waals surface area contributed by atoms with E-state index in [2.05, 4.69) is 19.9 Å². The summed E-state index contributed by atoms with van der Waals surface area (Å²) >= 11 is 6.44. The molecule has 1 aromatic carbocycles. The van der Waals surface area contributed by atoms with Crippen LogP contribution in [0.15, 0.2) is 6.07 Å². The van der Waals surface area contributed by atoms with Gasteiger partial charge in [-0.3, -0.25) is 0 Å². The van der Waals surface area contributed by atoms with Crippen LogP contribution in [0.4, 0.5) is 0 Å². The van der Waals surface area contributed by atoms with Gasteiger partial charge in [0.05, 0.1) is 5.02 Å². The van der Waals surface area contributed by atoms with E-state index < -0.39 is 0 Å². The van der Waals surface area contributed by atoms with Crippen molar-refractivity contribution in [2.24, 2.45) is 5.73 Å². The highest BCUT2D eigenvalue weighted by atomic mass is 35.5. The largest absolute Gasteiger partial charge is 0.486 e. The molecule has 1 aromatic rings. The average Bonchev–Trinajstić information content (AvgIpc) is 2.39. The van der Waals surface area contributed by atoms with Crippen LogP contribution in [0.3, 0.4) is 0 Å². The van der Waals surface area contributed by atoms with Gasteiger partial charge in [0.2, 0.25) is 0 Å². The Hall–Kier alpha value is -0.930. The molecule has 100 valence electrons. The van der Waals surface area contributed by atoms with E-state index in [1.807, 2.05) is 0 Å². The van der Waals surface area contributed by atoms with E-state index in [1.165, 1.54) is 5.56 Å². The quantitative estimate of drug-likeness (QED) is 0.913. The maximum absolute atomic E-state index is 6.44. The first-order chi connectivity index (χ1) is 8.69. The molecule has 2 rings (SSSR count). The normalized spacial score (nSPS) is 15.6. The first-order valence-corrected chi connectivity index (χ1v) is 6.87. The highest BCUT2D eigenvalue weighted by Gasteiger charge is 2.22. The highest BCUT2D eigenvalue weighted by molar-refractivity contribution is 6.33. The molecule has 4 heteroatoms. The van der Waals surface area contributed by atoms with E-state index in [-0.39, 0.29) is 0 Å². The van der Waals surface area contributed by atoms with Gasteiger partial charge in [0.1, 0.15) is 13.2 Å². The molecule has 0 aliphatic carbocycles. The van der Waals surface area contributed by atoms with Gasteiger partial charge in [0, 0.05) is 0 Å². The van der Waals surface area contributed by atoms with E-state index in [0.29, 0.717) is 36.4 Å². The molecule has 1 aliphatic heterocycles. The lowest BCUT2D eigenvalue weighted by atomic mass is 9.91. The molecule has 2 N–H and O–H groups in total. The zero-order valence-corrected chi connectivity index (χ0v) is 11.7. The molecule has 0 amide bonds. The third kappa shape index (κ3) is 2.43. The molecule has 1 atom stereocenters. The standard InChI is InChI=1S/C14H20ClNO2/c1-3-10-11(9(2)4-5-16)8-12-14(13(10)15)18-7-6-17-12/h8-9H,3-7,16H2,1-2H3. The Balaban J connectivity index is 2.48. The number of nitrogens with two attached hydrogens (primary N) is 1. The number of halogens is 1. The smallest absolute Gasteiger partial charge is 0.180 e. The SMILES string of the molecule is CCc1c(C(C)CCN)cc2c(c1Cl)OCCO2. The van der Waals surface area contributed by atoms with Crippen LogP contribution >= 0.6 is 11.6 Å². The summed E-state index contributed by atoms with van der Waals surface area (Å²) in [6.45, 7) is 6.10. The number of rotatable bonds is 4. The van der Waals surface area contributed by atoms with E-state index in [4.69, 9.17) is 26.8 Å². The van der Waals surface area contributed by atoms with Crippen molar-refractivity contribution in [2.75, 3.05) is 19.8 Å². The zero-order valence-electron chi connectivity index (χ0n) is 11.0. The lowest BCUT2D eigenvalue weighted by Gasteiger charge is -2.24. The van der Waals surface area contributed by atoms with Crippen molar-refractivity contribution in [3.63, 3.8) is 0 Å². The van der Waals surface area contributed by atoms with E-state index in [9.17, 15) is 0 Å². The van der Waals surface area contributed by atoms with Gasteiger partial charge in [-0.2, -0.15) is 0 Å². The lowest BCUT2D eigenvalue weighted by Crippen LogP contribution is -2.17. The minimum absolute atomic E-state index is 0.387. The Bertz CT molecular complexity index is 434. The van der Waals surface area contributed by atoms with Crippen LogP contribution in [0, 0.1) is 0 Å². The maximum Gasteiger partial charge on any atom is 0.180 e. The molecule has 1 heterocycles. The molecule has 0 fully saturated rings. The van der Waals surface area contributed by atoms with Crippen LogP contribution in [0.2, 0.25) is 5.02 Å². The van der Waals surface area contributed by atoms with Gasteiger partial charge in [0.25, 0.3) is 0 Å². The lowest BCUT2D eigenvalue weighted by molar-refractivity contribution is 0.171. The fourth-order valence-corrected chi connectivity index (χ4v) is 2.80. The Morgan fingerprint density at radius 3 is 2.78 bits per heavy atom. The molecule has 0 bridgehead atoms. The molecule has 0 spiro atoms. The van der Waals surface area contributed by atoms with Crippen LogP contribution in [-0.2, 0) is 6.42 Å². The van der Waals surface area contributed by atoms with Gasteiger partial charge in [-0.05, 0) is 42.5 Å². The van der Waals surface area contributed by atoms with Crippen molar-refractivity contribution in [1.82, 2.24) is 0 Å². The van der Waals surface area contributed by atoms with E-state index >= 15 is 0 Å². The van der Waals surface area contributed by atoms with E-state index in [0.717, 1.165) is 24.2 Å². The molecule has 1 aliphatic rings. The minimum atomic E-state index is 0.387. The molecule has 18 heavy (non-hydrogen) atoms. The van der Waals surface area contributed by atoms with Gasteiger partial charge in [-0.1, -0.05) is 25.4 Å². The Kier molecular flexibility index (Phi) is 4.36. The summed E-state index contributed by atoms with van der Waals surface area (Å²) < 4.78 is 11.2. The average molecular weight is 270 g/mol. The summed E-state index contributed by atoms with van der Waals surface area (Å²) in [6, 6.07) is 2.07. The summed E-state index contributed by atoms with van der Waals surface area (Å²) in [5.74, 6) is 1.85. The van der Waals surface area contributed by atoms with Gasteiger partial charge in [0.15, 0.2) is 11.5 Å². The topological polar surface area (TPSA) is 44.5 Å². The molecular weight excluding hydrogens is 250 g/mol. The molecule has 3 nitrogen and oxygen atoms in total. The fourth-order valence-electron chi connectivity index (χ4n) is 2.41. The summed E-state index contributed by atoms with van der Waals surface area (Å²) in [5.41, 5.74) is 8.03. The molecule has 1 unspecified atom stereocenters. The second kappa shape index (κ2) is 5.81. The monoisotopic (exact) mass is 269 g/mol. The van der Waals surface area contributed by atoms with Gasteiger partial charge in [-0.15, -0.1) is 0 Å². The zero-order chi connectivity index (χ0) is 13.1. The van der Waals surface area contributed by atoms with E-state index in [1.54, 1.807) is 0 Å². The predicted octanol–water partition coefficient (Wildman–Crippen LogP) is 3.13. The number of hydrogen-bond donors (Lipinski definition) is 1. The number of ether oxygens (including phenoxy) is 2. The first kappa shape index (κ1) is 13.5. The Morgan fingerprint density at radius 2 is 2.11 bits per heavy atom. The van der Waals surface area contributed by atoms with Crippen LogP contribution in [0.5, 0.6) is 11.5 Å². The first-order valence-electron chi connectivity index (χ1n) is 6.50. The summed E-state index contributed by atoms with van der Waals surface area (Å²) in [5, 5.41) is 0.702. The van der Waals surface area contributed by atoms with Crippen LogP contribution in [0.25, 0.3) is 0 Å². The van der Waals surface area contributed by atoms with Gasteiger partial charge in [-0.25, -0.2) is 0 Å².